The van der Waals surface area contributed by atoms with E-state index in [4.69, 9.17) is 0 Å². The zero-order chi connectivity index (χ0) is 6.91. The lowest BCUT2D eigenvalue weighted by Gasteiger charge is -2.12. The summed E-state index contributed by atoms with van der Waals surface area (Å²) in [6.45, 7) is -0.247. The lowest BCUT2D eigenvalue weighted by Crippen LogP contribution is -2.39. The standard InChI is InChI=1S/C4H4F3N2/c5-4(6,7)3-1-8-2-9-3/h3H,1H2,(H,8,9). The minimum atomic E-state index is -4.19. The highest BCUT2D eigenvalue weighted by atomic mass is 19.4. The van der Waals surface area contributed by atoms with E-state index < -0.39 is 12.2 Å². The Bertz CT molecular complexity index is 120. The van der Waals surface area contributed by atoms with Crippen molar-refractivity contribution < 1.29 is 13.2 Å². The molecular formula is C4H4F3N2. The van der Waals surface area contributed by atoms with Gasteiger partial charge < -0.3 is 5.32 Å². The van der Waals surface area contributed by atoms with Crippen molar-refractivity contribution in [3.63, 3.8) is 0 Å². The van der Waals surface area contributed by atoms with Gasteiger partial charge in [0.1, 0.15) is 6.04 Å². The van der Waals surface area contributed by atoms with Gasteiger partial charge in [0.15, 0.2) is 6.34 Å². The van der Waals surface area contributed by atoms with E-state index in [1.54, 1.807) is 0 Å². The third kappa shape index (κ3) is 1.34. The molecule has 5 heteroatoms. The first-order chi connectivity index (χ1) is 4.11. The van der Waals surface area contributed by atoms with Gasteiger partial charge in [-0.05, 0) is 0 Å². The van der Waals surface area contributed by atoms with Crippen LogP contribution in [-0.4, -0.2) is 25.1 Å². The van der Waals surface area contributed by atoms with E-state index in [2.05, 4.69) is 4.99 Å². The van der Waals surface area contributed by atoms with Gasteiger partial charge in [-0.25, -0.2) is 0 Å². The highest BCUT2D eigenvalue weighted by Crippen LogP contribution is 2.21. The van der Waals surface area contributed by atoms with Gasteiger partial charge in [-0.2, -0.15) is 13.2 Å². The Morgan fingerprint density at radius 3 is 2.44 bits per heavy atom. The SMILES string of the molecule is FC(F)(F)C1CN=[C]N1. The summed E-state index contributed by atoms with van der Waals surface area (Å²) in [6, 6.07) is -1.52. The predicted octanol–water partition coefficient (Wildman–Crippen LogP) is 0.426. The smallest absolute Gasteiger partial charge is 0.354 e. The van der Waals surface area contributed by atoms with Crippen molar-refractivity contribution in [1.29, 1.82) is 0 Å². The van der Waals surface area contributed by atoms with Gasteiger partial charge in [-0.3, -0.25) is 4.99 Å². The summed E-state index contributed by atoms with van der Waals surface area (Å²) in [5.74, 6) is 0. The lowest BCUT2D eigenvalue weighted by molar-refractivity contribution is -0.147. The molecule has 2 nitrogen and oxygen atoms in total. The van der Waals surface area contributed by atoms with Crippen LogP contribution < -0.4 is 5.32 Å². The van der Waals surface area contributed by atoms with Crippen LogP contribution in [0.4, 0.5) is 13.2 Å². The second-order valence-corrected chi connectivity index (χ2v) is 1.69. The second kappa shape index (κ2) is 1.89. The van der Waals surface area contributed by atoms with Crippen LogP contribution in [-0.2, 0) is 0 Å². The van der Waals surface area contributed by atoms with Crippen molar-refractivity contribution in [2.75, 3.05) is 6.54 Å². The van der Waals surface area contributed by atoms with Gasteiger partial charge in [0.25, 0.3) is 0 Å². The summed E-state index contributed by atoms with van der Waals surface area (Å²) >= 11 is 0. The zero-order valence-corrected chi connectivity index (χ0v) is 4.37. The molecule has 1 aliphatic rings. The summed E-state index contributed by atoms with van der Waals surface area (Å²) in [5, 5.41) is 1.95. The molecule has 1 atom stereocenters. The number of aliphatic imine (C=N–C) groups is 1. The van der Waals surface area contributed by atoms with Crippen LogP contribution in [0.15, 0.2) is 4.99 Å². The molecule has 1 rings (SSSR count). The quantitative estimate of drug-likeness (QED) is 0.514. The highest BCUT2D eigenvalue weighted by molar-refractivity contribution is 5.57. The van der Waals surface area contributed by atoms with Crippen LogP contribution in [0.1, 0.15) is 0 Å². The predicted molar refractivity (Wildman–Crippen MR) is 25.3 cm³/mol. The number of nitrogens with zero attached hydrogens (tertiary/aromatic N) is 1. The number of alkyl halides is 3. The fraction of sp³-hybridized carbons (Fsp3) is 0.750. The van der Waals surface area contributed by atoms with Crippen LogP contribution in [0.2, 0.25) is 0 Å². The molecule has 9 heavy (non-hydrogen) atoms. The average molecular weight is 137 g/mol. The average Bonchev–Trinajstić information content (AvgIpc) is 2.08. The molecule has 0 saturated carbocycles. The zero-order valence-electron chi connectivity index (χ0n) is 4.37. The molecule has 1 radical (unpaired) electrons. The molecule has 1 unspecified atom stereocenters. The molecule has 0 aromatic heterocycles. The third-order valence-corrected chi connectivity index (χ3v) is 0.987. The number of halogens is 3. The Hall–Kier alpha value is -0.740. The van der Waals surface area contributed by atoms with E-state index >= 15 is 0 Å². The van der Waals surface area contributed by atoms with Crippen LogP contribution in [0.3, 0.4) is 0 Å². The van der Waals surface area contributed by atoms with Gasteiger partial charge in [-0.1, -0.05) is 0 Å². The van der Waals surface area contributed by atoms with E-state index in [-0.39, 0.29) is 6.54 Å². The maximum absolute atomic E-state index is 11.6. The van der Waals surface area contributed by atoms with E-state index in [9.17, 15) is 13.2 Å². The molecule has 0 fully saturated rings. The number of hydrogen-bond acceptors (Lipinski definition) is 2. The topological polar surface area (TPSA) is 24.4 Å². The Kier molecular flexibility index (Phi) is 1.34. The molecule has 0 amide bonds. The van der Waals surface area contributed by atoms with Crippen LogP contribution in [0, 0.1) is 0 Å². The molecular weight excluding hydrogens is 133 g/mol. The molecule has 51 valence electrons. The fourth-order valence-corrected chi connectivity index (χ4v) is 0.491. The molecule has 0 aromatic rings. The molecule has 1 aliphatic heterocycles. The summed E-state index contributed by atoms with van der Waals surface area (Å²) in [4.78, 5) is 3.25. The normalized spacial score (nSPS) is 26.3. The van der Waals surface area contributed by atoms with Crippen LogP contribution in [0.25, 0.3) is 0 Å². The van der Waals surface area contributed by atoms with E-state index in [0.717, 1.165) is 0 Å². The Morgan fingerprint density at radius 1 is 1.56 bits per heavy atom. The number of nitrogens with one attached hydrogen (secondary N) is 1. The van der Waals surface area contributed by atoms with Gasteiger partial charge in [-0.15, -0.1) is 0 Å². The van der Waals surface area contributed by atoms with E-state index in [0.29, 0.717) is 0 Å². The minimum Gasteiger partial charge on any atom is -0.354 e. The van der Waals surface area contributed by atoms with Crippen LogP contribution >= 0.6 is 0 Å². The van der Waals surface area contributed by atoms with Crippen molar-refractivity contribution in [2.45, 2.75) is 12.2 Å². The monoisotopic (exact) mass is 137 g/mol. The van der Waals surface area contributed by atoms with E-state index in [1.807, 2.05) is 11.7 Å². The summed E-state index contributed by atoms with van der Waals surface area (Å²) < 4.78 is 34.8. The second-order valence-electron chi connectivity index (χ2n) is 1.69. The largest absolute Gasteiger partial charge is 0.410 e. The first-order valence-electron chi connectivity index (χ1n) is 2.34. The first-order valence-corrected chi connectivity index (χ1v) is 2.34. The van der Waals surface area contributed by atoms with E-state index in [1.165, 1.54) is 0 Å². The van der Waals surface area contributed by atoms with Crippen molar-refractivity contribution in [1.82, 2.24) is 5.32 Å². The molecule has 0 aliphatic carbocycles. The molecule has 0 saturated heterocycles. The van der Waals surface area contributed by atoms with Gasteiger partial charge in [0, 0.05) is 0 Å². The maximum Gasteiger partial charge on any atom is 0.410 e. The van der Waals surface area contributed by atoms with Gasteiger partial charge in [0.2, 0.25) is 0 Å². The molecule has 0 bridgehead atoms. The minimum absolute atomic E-state index is 0.247. The lowest BCUT2D eigenvalue weighted by atomic mass is 10.3. The van der Waals surface area contributed by atoms with Crippen molar-refractivity contribution in [2.24, 2.45) is 4.99 Å². The molecule has 0 aromatic carbocycles. The fourth-order valence-electron chi connectivity index (χ4n) is 0.491. The summed E-state index contributed by atoms with van der Waals surface area (Å²) in [6.07, 6.45) is -2.15. The first kappa shape index (κ1) is 6.38. The number of rotatable bonds is 0. The van der Waals surface area contributed by atoms with Gasteiger partial charge in [0.05, 0.1) is 6.54 Å². The van der Waals surface area contributed by atoms with Crippen molar-refractivity contribution >= 4 is 6.34 Å². The Morgan fingerprint density at radius 2 is 2.22 bits per heavy atom. The molecule has 0 spiro atoms. The van der Waals surface area contributed by atoms with Crippen molar-refractivity contribution in [3.8, 4) is 0 Å². The summed E-state index contributed by atoms with van der Waals surface area (Å²) in [7, 11) is 0. The maximum atomic E-state index is 11.6. The van der Waals surface area contributed by atoms with Gasteiger partial charge >= 0.3 is 6.18 Å². The third-order valence-electron chi connectivity index (χ3n) is 0.987. The Labute approximate surface area is 49.8 Å². The molecule has 1 N–H and O–H groups in total. The van der Waals surface area contributed by atoms with Crippen LogP contribution in [0.5, 0.6) is 0 Å². The highest BCUT2D eigenvalue weighted by Gasteiger charge is 2.40. The van der Waals surface area contributed by atoms with Crippen molar-refractivity contribution in [3.05, 3.63) is 0 Å². The Balaban J connectivity index is 2.46. The number of hydrogen-bond donors (Lipinski definition) is 1. The molecule has 1 heterocycles. The summed E-state index contributed by atoms with van der Waals surface area (Å²) in [5.41, 5.74) is 0.